The average Bonchev–Trinajstić information content (AvgIpc) is 2.54. The molecule has 0 aromatic carbocycles. The molecule has 1 heterocycles. The predicted molar refractivity (Wildman–Crippen MR) is 61.8 cm³/mol. The minimum atomic E-state index is -3.21. The molecule has 1 saturated heterocycles. The van der Waals surface area contributed by atoms with Gasteiger partial charge in [-0.3, -0.25) is 14.3 Å². The maximum Gasteiger partial charge on any atom is 0.346 e. The van der Waals surface area contributed by atoms with Crippen LogP contribution in [0.5, 0.6) is 0 Å². The largest absolute Gasteiger partial charge is 0.346 e. The van der Waals surface area contributed by atoms with Gasteiger partial charge in [0.15, 0.2) is 6.23 Å². The van der Waals surface area contributed by atoms with Gasteiger partial charge in [-0.05, 0) is 6.92 Å². The van der Waals surface area contributed by atoms with Gasteiger partial charge in [-0.1, -0.05) is 0 Å². The number of nitrogens with zero attached hydrogens (tertiary/aromatic N) is 1. The van der Waals surface area contributed by atoms with E-state index in [1.807, 2.05) is 0 Å². The summed E-state index contributed by atoms with van der Waals surface area (Å²) in [5.41, 5.74) is 0. The number of alkyl halides is 2. The standard InChI is InChI=1S/C7H15Cl2N2O4P/c1-6-7(14-12)10-16(13,15-6)11(4-2-8)5-3-9/h6-7,12H,2-5H2,1H3,(H,10,13). The average molecular weight is 293 g/mol. The fraction of sp³-hybridized carbons (Fsp3) is 1.00. The number of rotatable bonds is 6. The van der Waals surface area contributed by atoms with E-state index in [0.29, 0.717) is 24.8 Å². The van der Waals surface area contributed by atoms with Crippen molar-refractivity contribution in [1.29, 1.82) is 0 Å². The van der Waals surface area contributed by atoms with Gasteiger partial charge in [0.1, 0.15) is 6.10 Å². The lowest BCUT2D eigenvalue weighted by atomic mass is 10.4. The molecule has 1 aliphatic rings. The Morgan fingerprint density at radius 3 is 2.44 bits per heavy atom. The summed E-state index contributed by atoms with van der Waals surface area (Å²) >= 11 is 11.2. The highest BCUT2D eigenvalue weighted by Crippen LogP contribution is 2.52. The molecule has 0 saturated carbocycles. The highest BCUT2D eigenvalue weighted by atomic mass is 35.5. The first-order valence-corrected chi connectivity index (χ1v) is 7.46. The molecule has 2 N–H and O–H groups in total. The fourth-order valence-electron chi connectivity index (χ4n) is 1.40. The summed E-state index contributed by atoms with van der Waals surface area (Å²) in [7, 11) is -3.21. The van der Waals surface area contributed by atoms with Crippen LogP contribution in [0.3, 0.4) is 0 Å². The van der Waals surface area contributed by atoms with Gasteiger partial charge in [0.25, 0.3) is 0 Å². The zero-order valence-electron chi connectivity index (χ0n) is 8.81. The molecule has 1 rings (SSSR count). The van der Waals surface area contributed by atoms with Crippen molar-refractivity contribution in [3.63, 3.8) is 0 Å². The van der Waals surface area contributed by atoms with E-state index >= 15 is 0 Å². The van der Waals surface area contributed by atoms with Gasteiger partial charge in [-0.15, -0.1) is 23.2 Å². The van der Waals surface area contributed by atoms with Crippen LogP contribution in [0, 0.1) is 0 Å². The topological polar surface area (TPSA) is 71.0 Å². The lowest BCUT2D eigenvalue weighted by Crippen LogP contribution is -2.33. The molecular formula is C7H15Cl2N2O4P. The first-order chi connectivity index (χ1) is 7.57. The Morgan fingerprint density at radius 1 is 1.50 bits per heavy atom. The number of halogens is 2. The number of nitrogens with one attached hydrogen (secondary N) is 1. The van der Waals surface area contributed by atoms with Crippen LogP contribution in [0.2, 0.25) is 0 Å². The molecule has 1 fully saturated rings. The molecule has 0 bridgehead atoms. The van der Waals surface area contributed by atoms with Crippen LogP contribution in [0.1, 0.15) is 6.92 Å². The first kappa shape index (κ1) is 14.7. The molecule has 3 unspecified atom stereocenters. The summed E-state index contributed by atoms with van der Waals surface area (Å²) in [6.45, 7) is 2.40. The lowest BCUT2D eigenvalue weighted by molar-refractivity contribution is -0.289. The first-order valence-electron chi connectivity index (χ1n) is 4.81. The van der Waals surface area contributed by atoms with Gasteiger partial charge < -0.3 is 0 Å². The summed E-state index contributed by atoms with van der Waals surface area (Å²) in [6.07, 6.45) is -1.32. The second-order valence-corrected chi connectivity index (χ2v) is 6.15. The molecule has 0 aromatic heterocycles. The molecule has 0 radical (unpaired) electrons. The van der Waals surface area contributed by atoms with E-state index in [0.717, 1.165) is 0 Å². The second-order valence-electron chi connectivity index (χ2n) is 3.32. The maximum absolute atomic E-state index is 12.4. The number of hydrogen-bond donors (Lipinski definition) is 2. The predicted octanol–water partition coefficient (Wildman–Crippen LogP) is 1.70. The molecule has 0 aliphatic carbocycles. The Bertz CT molecular complexity index is 265. The Kier molecular flexibility index (Phi) is 5.98. The van der Waals surface area contributed by atoms with Gasteiger partial charge in [0, 0.05) is 24.8 Å². The van der Waals surface area contributed by atoms with Crippen LogP contribution in [0.4, 0.5) is 0 Å². The van der Waals surface area contributed by atoms with Gasteiger partial charge in [0.2, 0.25) is 0 Å². The highest BCUT2D eigenvalue weighted by molar-refractivity contribution is 7.54. The smallest absolute Gasteiger partial charge is 0.299 e. The third-order valence-electron chi connectivity index (χ3n) is 2.20. The van der Waals surface area contributed by atoms with Crippen LogP contribution >= 0.6 is 30.9 Å². The van der Waals surface area contributed by atoms with Crippen LogP contribution in [-0.2, 0) is 14.0 Å². The zero-order valence-corrected chi connectivity index (χ0v) is 11.2. The van der Waals surface area contributed by atoms with Crippen LogP contribution in [0.25, 0.3) is 0 Å². The van der Waals surface area contributed by atoms with E-state index in [4.69, 9.17) is 33.0 Å². The van der Waals surface area contributed by atoms with E-state index in [1.54, 1.807) is 6.92 Å². The lowest BCUT2D eigenvalue weighted by Gasteiger charge is -2.25. The molecule has 0 aromatic rings. The Balaban J connectivity index is 2.72. The maximum atomic E-state index is 12.4. The van der Waals surface area contributed by atoms with Crippen molar-refractivity contribution in [1.82, 2.24) is 9.76 Å². The van der Waals surface area contributed by atoms with Gasteiger partial charge >= 0.3 is 7.67 Å². The van der Waals surface area contributed by atoms with Crippen molar-refractivity contribution < 1.29 is 19.2 Å². The molecule has 0 amide bonds. The molecule has 3 atom stereocenters. The monoisotopic (exact) mass is 292 g/mol. The van der Waals surface area contributed by atoms with E-state index in [1.165, 1.54) is 4.67 Å². The van der Waals surface area contributed by atoms with Gasteiger partial charge in [-0.25, -0.2) is 14.6 Å². The molecule has 6 nitrogen and oxygen atoms in total. The van der Waals surface area contributed by atoms with Crippen molar-refractivity contribution in [3.05, 3.63) is 0 Å². The zero-order chi connectivity index (χ0) is 12.2. The Labute approximate surface area is 104 Å². The minimum Gasteiger partial charge on any atom is -0.299 e. The summed E-state index contributed by atoms with van der Waals surface area (Å²) in [5, 5.41) is 11.2. The third-order valence-corrected chi connectivity index (χ3v) is 4.88. The molecule has 9 heteroatoms. The van der Waals surface area contributed by atoms with Crippen molar-refractivity contribution in [3.8, 4) is 0 Å². The minimum absolute atomic E-state index is 0.310. The Morgan fingerprint density at radius 2 is 2.06 bits per heavy atom. The quantitative estimate of drug-likeness (QED) is 0.336. The van der Waals surface area contributed by atoms with E-state index in [9.17, 15) is 4.57 Å². The van der Waals surface area contributed by atoms with E-state index < -0.39 is 20.0 Å². The van der Waals surface area contributed by atoms with Crippen molar-refractivity contribution in [2.75, 3.05) is 24.8 Å². The summed E-state index contributed by atoms with van der Waals surface area (Å²) in [5.74, 6) is 0.621. The van der Waals surface area contributed by atoms with Crippen molar-refractivity contribution >= 4 is 30.9 Å². The van der Waals surface area contributed by atoms with E-state index in [2.05, 4.69) is 9.97 Å². The van der Waals surface area contributed by atoms with Crippen LogP contribution in [0.15, 0.2) is 0 Å². The molecule has 0 spiro atoms. The normalized spacial score (nSPS) is 34.8. The van der Waals surface area contributed by atoms with Crippen LogP contribution in [-0.4, -0.2) is 47.1 Å². The molecular weight excluding hydrogens is 278 g/mol. The SMILES string of the molecule is CC1OP(=O)(N(CCCl)CCCl)NC1OO. The summed E-state index contributed by atoms with van der Waals surface area (Å²) < 4.78 is 19.2. The highest BCUT2D eigenvalue weighted by Gasteiger charge is 2.45. The van der Waals surface area contributed by atoms with Crippen molar-refractivity contribution in [2.45, 2.75) is 19.3 Å². The Hall–Kier alpha value is 0.610. The summed E-state index contributed by atoms with van der Waals surface area (Å²) in [4.78, 5) is 4.12. The molecule has 96 valence electrons. The summed E-state index contributed by atoms with van der Waals surface area (Å²) in [6, 6.07) is 0. The second kappa shape index (κ2) is 6.52. The third kappa shape index (κ3) is 3.31. The van der Waals surface area contributed by atoms with Gasteiger partial charge in [-0.2, -0.15) is 0 Å². The van der Waals surface area contributed by atoms with Crippen LogP contribution < -0.4 is 5.09 Å². The number of hydrogen-bond acceptors (Lipinski definition) is 4. The van der Waals surface area contributed by atoms with Crippen molar-refractivity contribution in [2.24, 2.45) is 0 Å². The molecule has 16 heavy (non-hydrogen) atoms. The van der Waals surface area contributed by atoms with E-state index in [-0.39, 0.29) is 0 Å². The fourth-order valence-corrected chi connectivity index (χ4v) is 4.27. The van der Waals surface area contributed by atoms with Gasteiger partial charge in [0.05, 0.1) is 0 Å². The molecule has 1 aliphatic heterocycles.